The molecule has 0 aromatic rings. The maximum Gasteiger partial charge on any atom is 0.0252 e. The lowest BCUT2D eigenvalue weighted by Gasteiger charge is -2.34. The van der Waals surface area contributed by atoms with E-state index in [1.165, 1.54) is 58.0 Å². The molecule has 2 heteroatoms. The predicted molar refractivity (Wildman–Crippen MR) is 67.6 cm³/mol. The van der Waals surface area contributed by atoms with Crippen molar-refractivity contribution in [2.24, 2.45) is 5.92 Å². The van der Waals surface area contributed by atoms with Crippen molar-refractivity contribution in [2.45, 2.75) is 70.0 Å². The molecule has 3 fully saturated rings. The monoisotopic (exact) mass is 222 g/mol. The first-order valence-electron chi connectivity index (χ1n) is 7.34. The van der Waals surface area contributed by atoms with E-state index in [1.54, 1.807) is 0 Å². The fraction of sp³-hybridized carbons (Fsp3) is 1.00. The van der Waals surface area contributed by atoms with E-state index in [0.717, 1.165) is 24.0 Å². The van der Waals surface area contributed by atoms with Crippen LogP contribution in [0.3, 0.4) is 0 Å². The highest BCUT2D eigenvalue weighted by molar-refractivity contribution is 4.96. The maximum atomic E-state index is 3.72. The fourth-order valence-electron chi connectivity index (χ4n) is 4.22. The van der Waals surface area contributed by atoms with Crippen molar-refractivity contribution in [1.82, 2.24) is 10.2 Å². The van der Waals surface area contributed by atoms with Crippen LogP contribution < -0.4 is 5.32 Å². The molecule has 0 bridgehead atoms. The minimum absolute atomic E-state index is 0.818. The van der Waals surface area contributed by atoms with Gasteiger partial charge in [0.25, 0.3) is 0 Å². The highest BCUT2D eigenvalue weighted by Crippen LogP contribution is 2.35. The van der Waals surface area contributed by atoms with E-state index in [4.69, 9.17) is 0 Å². The van der Waals surface area contributed by atoms with Gasteiger partial charge in [0.15, 0.2) is 0 Å². The predicted octanol–water partition coefficient (Wildman–Crippen LogP) is 2.39. The molecule has 0 radical (unpaired) electrons. The standard InChI is InChI=1S/C14H26N2/c1-11-6-7-12(10-11)16-9-3-5-14(16)13-4-2-8-15-13/h11-15H,2-10H2,1H3. The Balaban J connectivity index is 1.64. The summed E-state index contributed by atoms with van der Waals surface area (Å²) < 4.78 is 0. The van der Waals surface area contributed by atoms with Gasteiger partial charge < -0.3 is 5.32 Å². The summed E-state index contributed by atoms with van der Waals surface area (Å²) in [6.07, 6.45) is 10.1. The van der Waals surface area contributed by atoms with Crippen LogP contribution in [0, 0.1) is 5.92 Å². The van der Waals surface area contributed by atoms with Crippen molar-refractivity contribution in [3.63, 3.8) is 0 Å². The smallest absolute Gasteiger partial charge is 0.0252 e. The molecular weight excluding hydrogens is 196 g/mol. The van der Waals surface area contributed by atoms with Crippen molar-refractivity contribution >= 4 is 0 Å². The molecule has 4 atom stereocenters. The van der Waals surface area contributed by atoms with Gasteiger partial charge in [-0.15, -0.1) is 0 Å². The van der Waals surface area contributed by atoms with Crippen molar-refractivity contribution in [3.8, 4) is 0 Å². The second kappa shape index (κ2) is 4.66. The molecule has 0 aromatic carbocycles. The molecule has 16 heavy (non-hydrogen) atoms. The third-order valence-electron chi connectivity index (χ3n) is 5.04. The van der Waals surface area contributed by atoms with Crippen LogP contribution in [0.4, 0.5) is 0 Å². The molecule has 1 N–H and O–H groups in total. The molecule has 4 unspecified atom stereocenters. The molecule has 2 saturated heterocycles. The van der Waals surface area contributed by atoms with Crippen LogP contribution in [0.5, 0.6) is 0 Å². The minimum Gasteiger partial charge on any atom is -0.312 e. The lowest BCUT2D eigenvalue weighted by molar-refractivity contribution is 0.152. The first-order valence-corrected chi connectivity index (χ1v) is 7.34. The Morgan fingerprint density at radius 3 is 2.69 bits per heavy atom. The largest absolute Gasteiger partial charge is 0.312 e. The Kier molecular flexibility index (Phi) is 3.21. The van der Waals surface area contributed by atoms with Crippen molar-refractivity contribution in [2.75, 3.05) is 13.1 Å². The Hall–Kier alpha value is -0.0800. The normalized spacial score (nSPS) is 45.6. The SMILES string of the molecule is CC1CCC(N2CCCC2C2CCCN2)C1. The Labute approximate surface area is 99.8 Å². The summed E-state index contributed by atoms with van der Waals surface area (Å²) in [5, 5.41) is 3.72. The van der Waals surface area contributed by atoms with Crippen LogP contribution in [-0.2, 0) is 0 Å². The van der Waals surface area contributed by atoms with E-state index in [1.807, 2.05) is 0 Å². The zero-order valence-corrected chi connectivity index (χ0v) is 10.6. The fourth-order valence-corrected chi connectivity index (χ4v) is 4.22. The number of nitrogens with one attached hydrogen (secondary N) is 1. The number of hydrogen-bond donors (Lipinski definition) is 1. The second-order valence-electron chi connectivity index (χ2n) is 6.22. The average molecular weight is 222 g/mol. The highest BCUT2D eigenvalue weighted by atomic mass is 15.2. The third-order valence-corrected chi connectivity index (χ3v) is 5.04. The molecule has 3 rings (SSSR count). The zero-order valence-electron chi connectivity index (χ0n) is 10.6. The van der Waals surface area contributed by atoms with E-state index >= 15 is 0 Å². The molecule has 2 nitrogen and oxygen atoms in total. The van der Waals surface area contributed by atoms with Gasteiger partial charge in [0.05, 0.1) is 0 Å². The molecule has 1 saturated carbocycles. The van der Waals surface area contributed by atoms with Gasteiger partial charge in [0, 0.05) is 18.1 Å². The molecule has 1 aliphatic carbocycles. The summed E-state index contributed by atoms with van der Waals surface area (Å²) in [6, 6.07) is 2.61. The molecule has 2 heterocycles. The number of rotatable bonds is 2. The van der Waals surface area contributed by atoms with Gasteiger partial charge in [-0.3, -0.25) is 4.90 Å². The van der Waals surface area contributed by atoms with Crippen LogP contribution >= 0.6 is 0 Å². The quantitative estimate of drug-likeness (QED) is 0.772. The lowest BCUT2D eigenvalue weighted by atomic mass is 10.0. The Bertz CT molecular complexity index is 235. The molecule has 2 aliphatic heterocycles. The molecule has 0 amide bonds. The number of likely N-dealkylation sites (tertiary alicyclic amines) is 1. The first-order chi connectivity index (χ1) is 7.84. The highest BCUT2D eigenvalue weighted by Gasteiger charge is 2.38. The third kappa shape index (κ3) is 2.02. The van der Waals surface area contributed by atoms with Gasteiger partial charge in [-0.1, -0.05) is 6.92 Å². The van der Waals surface area contributed by atoms with Crippen molar-refractivity contribution in [1.29, 1.82) is 0 Å². The van der Waals surface area contributed by atoms with E-state index < -0.39 is 0 Å². The lowest BCUT2D eigenvalue weighted by Crippen LogP contribution is -2.47. The van der Waals surface area contributed by atoms with E-state index in [2.05, 4.69) is 17.1 Å². The van der Waals surface area contributed by atoms with Gasteiger partial charge in [0.1, 0.15) is 0 Å². The van der Waals surface area contributed by atoms with E-state index in [-0.39, 0.29) is 0 Å². The molecule has 92 valence electrons. The van der Waals surface area contributed by atoms with Crippen LogP contribution in [0.25, 0.3) is 0 Å². The second-order valence-corrected chi connectivity index (χ2v) is 6.22. The maximum absolute atomic E-state index is 3.72. The first kappa shape index (κ1) is 11.0. The van der Waals surface area contributed by atoms with Crippen LogP contribution in [0.1, 0.15) is 51.9 Å². The summed E-state index contributed by atoms with van der Waals surface area (Å²) in [5.74, 6) is 0.975. The number of nitrogens with zero attached hydrogens (tertiary/aromatic N) is 1. The molecule has 3 aliphatic rings. The van der Waals surface area contributed by atoms with Gasteiger partial charge >= 0.3 is 0 Å². The van der Waals surface area contributed by atoms with E-state index in [0.29, 0.717) is 0 Å². The zero-order chi connectivity index (χ0) is 11.0. The molecule has 0 aromatic heterocycles. The summed E-state index contributed by atoms with van der Waals surface area (Å²) >= 11 is 0. The Morgan fingerprint density at radius 1 is 1.06 bits per heavy atom. The van der Waals surface area contributed by atoms with Crippen molar-refractivity contribution < 1.29 is 0 Å². The van der Waals surface area contributed by atoms with Crippen LogP contribution in [0.15, 0.2) is 0 Å². The Morgan fingerprint density at radius 2 is 2.00 bits per heavy atom. The summed E-state index contributed by atoms with van der Waals surface area (Å²) in [6.45, 7) is 5.06. The van der Waals surface area contributed by atoms with Crippen LogP contribution in [0.2, 0.25) is 0 Å². The van der Waals surface area contributed by atoms with Gasteiger partial charge in [-0.05, 0) is 64.0 Å². The topological polar surface area (TPSA) is 15.3 Å². The molecule has 0 spiro atoms. The van der Waals surface area contributed by atoms with E-state index in [9.17, 15) is 0 Å². The van der Waals surface area contributed by atoms with Gasteiger partial charge in [-0.25, -0.2) is 0 Å². The van der Waals surface area contributed by atoms with Crippen molar-refractivity contribution in [3.05, 3.63) is 0 Å². The van der Waals surface area contributed by atoms with Gasteiger partial charge in [-0.2, -0.15) is 0 Å². The average Bonchev–Trinajstić information content (AvgIpc) is 2.96. The number of hydrogen-bond acceptors (Lipinski definition) is 2. The summed E-state index contributed by atoms with van der Waals surface area (Å²) in [5.41, 5.74) is 0. The van der Waals surface area contributed by atoms with Crippen LogP contribution in [-0.4, -0.2) is 36.1 Å². The molecular formula is C14H26N2. The summed E-state index contributed by atoms with van der Waals surface area (Å²) in [7, 11) is 0. The summed E-state index contributed by atoms with van der Waals surface area (Å²) in [4.78, 5) is 2.87. The van der Waals surface area contributed by atoms with Gasteiger partial charge in [0.2, 0.25) is 0 Å². The minimum atomic E-state index is 0.818.